The standard InChI is InChI=1S/C9H17NO4/c1-6(12-2)8(10)9(11)14-7-3-4-13-5-7/h6-8H,3-5,10H2,1-2H3/t6-,7+,8-/m0/s1. The van der Waals surface area contributed by atoms with Gasteiger partial charge in [-0.1, -0.05) is 0 Å². The molecule has 2 N–H and O–H groups in total. The highest BCUT2D eigenvalue weighted by molar-refractivity contribution is 5.76. The van der Waals surface area contributed by atoms with Gasteiger partial charge in [0, 0.05) is 13.5 Å². The highest BCUT2D eigenvalue weighted by atomic mass is 16.6. The van der Waals surface area contributed by atoms with Crippen molar-refractivity contribution < 1.29 is 19.0 Å². The van der Waals surface area contributed by atoms with Gasteiger partial charge in [-0.15, -0.1) is 0 Å². The van der Waals surface area contributed by atoms with Crippen LogP contribution in [0, 0.1) is 0 Å². The fraction of sp³-hybridized carbons (Fsp3) is 0.889. The highest BCUT2D eigenvalue weighted by Gasteiger charge is 2.26. The third kappa shape index (κ3) is 2.94. The Kier molecular flexibility index (Phi) is 4.31. The zero-order chi connectivity index (χ0) is 10.6. The van der Waals surface area contributed by atoms with E-state index in [2.05, 4.69) is 0 Å². The number of methoxy groups -OCH3 is 1. The van der Waals surface area contributed by atoms with Gasteiger partial charge in [-0.2, -0.15) is 0 Å². The van der Waals surface area contributed by atoms with Crippen LogP contribution < -0.4 is 5.73 Å². The molecule has 0 saturated carbocycles. The van der Waals surface area contributed by atoms with Crippen molar-refractivity contribution in [1.82, 2.24) is 0 Å². The first-order valence-electron chi connectivity index (χ1n) is 4.71. The molecule has 82 valence electrons. The van der Waals surface area contributed by atoms with Crippen molar-refractivity contribution in [3.63, 3.8) is 0 Å². The summed E-state index contributed by atoms with van der Waals surface area (Å²) in [7, 11) is 1.51. The van der Waals surface area contributed by atoms with Crippen molar-refractivity contribution in [2.24, 2.45) is 5.73 Å². The van der Waals surface area contributed by atoms with Crippen LogP contribution in [0.5, 0.6) is 0 Å². The van der Waals surface area contributed by atoms with Gasteiger partial charge in [-0.3, -0.25) is 4.79 Å². The molecule has 1 rings (SSSR count). The lowest BCUT2D eigenvalue weighted by atomic mass is 10.2. The molecule has 0 aliphatic carbocycles. The van der Waals surface area contributed by atoms with Crippen molar-refractivity contribution in [3.05, 3.63) is 0 Å². The van der Waals surface area contributed by atoms with E-state index >= 15 is 0 Å². The number of carbonyl (C=O) groups is 1. The summed E-state index contributed by atoms with van der Waals surface area (Å²) in [5.41, 5.74) is 5.61. The fourth-order valence-electron chi connectivity index (χ4n) is 1.19. The van der Waals surface area contributed by atoms with Crippen LogP contribution in [0.1, 0.15) is 13.3 Å². The van der Waals surface area contributed by atoms with Crippen LogP contribution in [0.3, 0.4) is 0 Å². The summed E-state index contributed by atoms with van der Waals surface area (Å²) in [5.74, 6) is -0.421. The topological polar surface area (TPSA) is 70.8 Å². The zero-order valence-corrected chi connectivity index (χ0v) is 8.56. The van der Waals surface area contributed by atoms with E-state index in [9.17, 15) is 4.79 Å². The van der Waals surface area contributed by atoms with E-state index in [0.717, 1.165) is 6.42 Å². The van der Waals surface area contributed by atoms with Crippen LogP contribution in [-0.2, 0) is 19.0 Å². The third-order valence-corrected chi connectivity index (χ3v) is 2.32. The molecule has 1 fully saturated rings. The molecule has 1 aliphatic heterocycles. The average Bonchev–Trinajstić information content (AvgIpc) is 2.68. The smallest absolute Gasteiger partial charge is 0.325 e. The minimum absolute atomic E-state index is 0.141. The Morgan fingerprint density at radius 2 is 2.36 bits per heavy atom. The minimum Gasteiger partial charge on any atom is -0.459 e. The van der Waals surface area contributed by atoms with E-state index in [4.69, 9.17) is 19.9 Å². The molecular weight excluding hydrogens is 186 g/mol. The van der Waals surface area contributed by atoms with E-state index in [1.165, 1.54) is 7.11 Å². The lowest BCUT2D eigenvalue weighted by Gasteiger charge is -2.19. The van der Waals surface area contributed by atoms with Crippen LogP contribution in [0.15, 0.2) is 0 Å². The van der Waals surface area contributed by atoms with Gasteiger partial charge in [0.1, 0.15) is 12.1 Å². The van der Waals surface area contributed by atoms with E-state index in [-0.39, 0.29) is 12.2 Å². The Bertz CT molecular complexity index is 191. The van der Waals surface area contributed by atoms with Gasteiger partial charge in [0.05, 0.1) is 19.3 Å². The van der Waals surface area contributed by atoms with Crippen LogP contribution in [0.25, 0.3) is 0 Å². The van der Waals surface area contributed by atoms with Gasteiger partial charge >= 0.3 is 5.97 Å². The lowest BCUT2D eigenvalue weighted by Crippen LogP contribution is -2.43. The molecule has 0 aromatic heterocycles. The van der Waals surface area contributed by atoms with Gasteiger partial charge in [-0.05, 0) is 6.92 Å². The predicted molar refractivity (Wildman–Crippen MR) is 49.8 cm³/mol. The number of hydrogen-bond acceptors (Lipinski definition) is 5. The molecule has 0 spiro atoms. The maximum atomic E-state index is 11.4. The molecule has 1 aliphatic rings. The van der Waals surface area contributed by atoms with E-state index in [1.54, 1.807) is 6.92 Å². The second-order valence-electron chi connectivity index (χ2n) is 3.39. The molecule has 5 heteroatoms. The third-order valence-electron chi connectivity index (χ3n) is 2.32. The molecule has 0 aromatic rings. The van der Waals surface area contributed by atoms with Crippen LogP contribution in [0.2, 0.25) is 0 Å². The van der Waals surface area contributed by atoms with Crippen LogP contribution in [0.4, 0.5) is 0 Å². The average molecular weight is 203 g/mol. The zero-order valence-electron chi connectivity index (χ0n) is 8.56. The van der Waals surface area contributed by atoms with E-state index < -0.39 is 12.0 Å². The van der Waals surface area contributed by atoms with Gasteiger partial charge in [0.2, 0.25) is 0 Å². The molecule has 3 atom stereocenters. The lowest BCUT2D eigenvalue weighted by molar-refractivity contribution is -0.153. The summed E-state index contributed by atoms with van der Waals surface area (Å²) in [6.07, 6.45) is 0.280. The van der Waals surface area contributed by atoms with Crippen LogP contribution in [-0.4, -0.2) is 44.5 Å². The first kappa shape index (κ1) is 11.4. The first-order chi connectivity index (χ1) is 6.65. The molecule has 1 saturated heterocycles. The Labute approximate surface area is 83.5 Å². The van der Waals surface area contributed by atoms with Gasteiger partial charge in [0.25, 0.3) is 0 Å². The largest absolute Gasteiger partial charge is 0.459 e. The number of esters is 1. The van der Waals surface area contributed by atoms with Crippen molar-refractivity contribution in [2.75, 3.05) is 20.3 Å². The second kappa shape index (κ2) is 5.29. The first-order valence-corrected chi connectivity index (χ1v) is 4.71. The fourth-order valence-corrected chi connectivity index (χ4v) is 1.19. The summed E-state index contributed by atoms with van der Waals surface area (Å²) in [6.45, 7) is 2.85. The van der Waals surface area contributed by atoms with E-state index in [0.29, 0.717) is 13.2 Å². The van der Waals surface area contributed by atoms with E-state index in [1.807, 2.05) is 0 Å². The van der Waals surface area contributed by atoms with Crippen LogP contribution >= 0.6 is 0 Å². The molecule has 0 radical (unpaired) electrons. The molecule has 0 bridgehead atoms. The maximum absolute atomic E-state index is 11.4. The Morgan fingerprint density at radius 1 is 1.64 bits per heavy atom. The Hall–Kier alpha value is -0.650. The summed E-state index contributed by atoms with van der Waals surface area (Å²) in [5, 5.41) is 0. The van der Waals surface area contributed by atoms with Gasteiger partial charge in [0.15, 0.2) is 0 Å². The number of hydrogen-bond donors (Lipinski definition) is 1. The molecule has 5 nitrogen and oxygen atoms in total. The monoisotopic (exact) mass is 203 g/mol. The Balaban J connectivity index is 2.32. The summed E-state index contributed by atoms with van der Waals surface area (Å²) >= 11 is 0. The van der Waals surface area contributed by atoms with Gasteiger partial charge < -0.3 is 19.9 Å². The summed E-state index contributed by atoms with van der Waals surface area (Å²) < 4.78 is 15.1. The second-order valence-corrected chi connectivity index (χ2v) is 3.39. The molecule has 0 unspecified atom stereocenters. The Morgan fingerprint density at radius 3 is 2.86 bits per heavy atom. The quantitative estimate of drug-likeness (QED) is 0.634. The predicted octanol–water partition coefficient (Wildman–Crippen LogP) is -0.319. The minimum atomic E-state index is -0.722. The highest BCUT2D eigenvalue weighted by Crippen LogP contribution is 2.09. The number of rotatable bonds is 4. The maximum Gasteiger partial charge on any atom is 0.325 e. The summed E-state index contributed by atoms with van der Waals surface area (Å²) in [6, 6.07) is -0.722. The van der Waals surface area contributed by atoms with Gasteiger partial charge in [-0.25, -0.2) is 0 Å². The molecule has 1 heterocycles. The number of carbonyl (C=O) groups excluding carboxylic acids is 1. The number of nitrogens with two attached hydrogens (primary N) is 1. The van der Waals surface area contributed by atoms with Crippen molar-refractivity contribution >= 4 is 5.97 Å². The number of ether oxygens (including phenoxy) is 3. The van der Waals surface area contributed by atoms with Crippen molar-refractivity contribution in [3.8, 4) is 0 Å². The molecule has 14 heavy (non-hydrogen) atoms. The normalized spacial score (nSPS) is 25.8. The molecule has 0 aromatic carbocycles. The molecular formula is C9H17NO4. The van der Waals surface area contributed by atoms with Crippen molar-refractivity contribution in [1.29, 1.82) is 0 Å². The molecule has 0 amide bonds. The summed E-state index contributed by atoms with van der Waals surface area (Å²) in [4.78, 5) is 11.4. The van der Waals surface area contributed by atoms with Crippen molar-refractivity contribution in [2.45, 2.75) is 31.6 Å². The SMILES string of the molecule is CO[C@@H](C)[C@H](N)C(=O)O[C@@H]1CCOC1.